The molecule has 3 atom stereocenters. The number of hydrogen-bond acceptors (Lipinski definition) is 1. The lowest BCUT2D eigenvalue weighted by Gasteiger charge is -2.22. The normalized spacial score (nSPS) is 46.6. The number of allylic oxidation sites excluding steroid dienone is 2. The summed E-state index contributed by atoms with van der Waals surface area (Å²) in [5.74, 6) is -0.392. The number of hydrogen-bond donors (Lipinski definition) is 1. The summed E-state index contributed by atoms with van der Waals surface area (Å²) in [6.07, 6.45) is 5.55. The molecule has 2 nitrogen and oxygen atoms in total. The van der Waals surface area contributed by atoms with Crippen LogP contribution in [0.5, 0.6) is 0 Å². The molecule has 1 saturated carbocycles. The van der Waals surface area contributed by atoms with Crippen molar-refractivity contribution in [2.45, 2.75) is 17.7 Å². The van der Waals surface area contributed by atoms with Crippen LogP contribution >= 0.6 is 11.6 Å². The Balaban J connectivity index is 2.30. The average Bonchev–Trinajstić information content (AvgIpc) is 2.45. The average molecular weight is 173 g/mol. The summed E-state index contributed by atoms with van der Waals surface area (Å²) in [4.78, 5) is 9.76. The smallest absolute Gasteiger partial charge is 0.325 e. The van der Waals surface area contributed by atoms with E-state index in [2.05, 4.69) is 6.08 Å². The number of aliphatic carboxylic acids is 1. The second-order valence-electron chi connectivity index (χ2n) is 3.36. The topological polar surface area (TPSA) is 37.3 Å². The SMILES string of the molecule is O=C(O)[C@@]1(Cl)C[C@@H]2C=C[C@@H]1C2. The molecule has 2 aliphatic rings. The number of carbonyl (C=O) groups is 1. The van der Waals surface area contributed by atoms with Gasteiger partial charge >= 0.3 is 5.97 Å². The molecule has 2 bridgehead atoms. The number of carboxylic acids is 1. The van der Waals surface area contributed by atoms with E-state index >= 15 is 0 Å². The number of fused-ring (bicyclic) bond motifs is 2. The predicted octanol–water partition coefficient (Wildman–Crippen LogP) is 1.64. The van der Waals surface area contributed by atoms with E-state index in [-0.39, 0.29) is 5.92 Å². The molecule has 1 N–H and O–H groups in total. The van der Waals surface area contributed by atoms with E-state index in [1.54, 1.807) is 0 Å². The Labute approximate surface area is 69.9 Å². The standard InChI is InChI=1S/C8H9ClO2/c9-8(7(10)11)4-5-1-2-6(8)3-5/h1-2,5-6H,3-4H2,(H,10,11)/t5-,6-,8-/m1/s1. The quantitative estimate of drug-likeness (QED) is 0.482. The third kappa shape index (κ3) is 0.822. The van der Waals surface area contributed by atoms with Crippen molar-refractivity contribution in [2.24, 2.45) is 11.8 Å². The van der Waals surface area contributed by atoms with Gasteiger partial charge in [0, 0.05) is 5.92 Å². The lowest BCUT2D eigenvalue weighted by atomic mass is 9.93. The third-order valence-corrected chi connectivity index (χ3v) is 3.27. The van der Waals surface area contributed by atoms with Gasteiger partial charge in [-0.05, 0) is 18.8 Å². The fraction of sp³-hybridized carbons (Fsp3) is 0.625. The van der Waals surface area contributed by atoms with Crippen molar-refractivity contribution in [3.8, 4) is 0 Å². The van der Waals surface area contributed by atoms with Crippen molar-refractivity contribution in [1.82, 2.24) is 0 Å². The maximum absolute atomic E-state index is 10.7. The molecular weight excluding hydrogens is 164 g/mol. The van der Waals surface area contributed by atoms with Gasteiger partial charge in [-0.25, -0.2) is 0 Å². The molecule has 11 heavy (non-hydrogen) atoms. The number of rotatable bonds is 1. The molecular formula is C8H9ClO2. The van der Waals surface area contributed by atoms with Crippen LogP contribution < -0.4 is 0 Å². The first-order valence-electron chi connectivity index (χ1n) is 3.73. The molecule has 60 valence electrons. The van der Waals surface area contributed by atoms with Crippen LogP contribution in [0.15, 0.2) is 12.2 Å². The summed E-state index contributed by atoms with van der Waals surface area (Å²) in [6.45, 7) is 0. The highest BCUT2D eigenvalue weighted by Gasteiger charge is 2.52. The summed E-state index contributed by atoms with van der Waals surface area (Å²) >= 11 is 5.95. The molecule has 2 rings (SSSR count). The Kier molecular flexibility index (Phi) is 1.31. The van der Waals surface area contributed by atoms with Gasteiger partial charge in [0.05, 0.1) is 0 Å². The molecule has 0 aromatic carbocycles. The summed E-state index contributed by atoms with van der Waals surface area (Å²) in [5.41, 5.74) is 0. The van der Waals surface area contributed by atoms with Crippen molar-refractivity contribution in [2.75, 3.05) is 0 Å². The van der Waals surface area contributed by atoms with Crippen molar-refractivity contribution >= 4 is 17.6 Å². The van der Waals surface area contributed by atoms with Crippen LogP contribution in [-0.2, 0) is 4.79 Å². The fourth-order valence-corrected chi connectivity index (χ4v) is 2.40. The van der Waals surface area contributed by atoms with E-state index in [1.165, 1.54) is 0 Å². The van der Waals surface area contributed by atoms with Gasteiger partial charge in [0.2, 0.25) is 0 Å². The molecule has 1 fully saturated rings. The molecule has 0 aromatic heterocycles. The largest absolute Gasteiger partial charge is 0.480 e. The summed E-state index contributed by atoms with van der Waals surface area (Å²) in [5, 5.41) is 8.83. The molecule has 3 heteroatoms. The van der Waals surface area contributed by atoms with Gasteiger partial charge in [-0.3, -0.25) is 4.79 Å². The van der Waals surface area contributed by atoms with Crippen LogP contribution in [0.1, 0.15) is 12.8 Å². The first-order chi connectivity index (χ1) is 5.13. The molecule has 2 aliphatic carbocycles. The van der Waals surface area contributed by atoms with Gasteiger partial charge < -0.3 is 5.11 Å². The highest BCUT2D eigenvalue weighted by Crippen LogP contribution is 2.50. The molecule has 0 unspecified atom stereocenters. The van der Waals surface area contributed by atoms with Gasteiger partial charge in [-0.15, -0.1) is 11.6 Å². The first kappa shape index (κ1) is 7.17. The minimum Gasteiger partial charge on any atom is -0.480 e. The maximum Gasteiger partial charge on any atom is 0.325 e. The second-order valence-corrected chi connectivity index (χ2v) is 4.03. The van der Waals surface area contributed by atoms with Gasteiger partial charge in [0.1, 0.15) is 4.87 Å². The van der Waals surface area contributed by atoms with E-state index in [4.69, 9.17) is 16.7 Å². The highest BCUT2D eigenvalue weighted by atomic mass is 35.5. The van der Waals surface area contributed by atoms with E-state index in [1.807, 2.05) is 6.08 Å². The van der Waals surface area contributed by atoms with Crippen molar-refractivity contribution in [1.29, 1.82) is 0 Å². The van der Waals surface area contributed by atoms with E-state index in [9.17, 15) is 4.79 Å². The summed E-state index contributed by atoms with van der Waals surface area (Å²) < 4.78 is 0. The minimum absolute atomic E-state index is 0.0617. The lowest BCUT2D eigenvalue weighted by molar-refractivity contribution is -0.140. The zero-order valence-corrected chi connectivity index (χ0v) is 6.71. The van der Waals surface area contributed by atoms with E-state index < -0.39 is 10.8 Å². The van der Waals surface area contributed by atoms with Crippen molar-refractivity contribution in [3.05, 3.63) is 12.2 Å². The van der Waals surface area contributed by atoms with E-state index in [0.29, 0.717) is 12.3 Å². The molecule has 0 aliphatic heterocycles. The first-order valence-corrected chi connectivity index (χ1v) is 4.11. The van der Waals surface area contributed by atoms with Gasteiger partial charge in [0.15, 0.2) is 0 Å². The Morgan fingerprint density at radius 1 is 1.64 bits per heavy atom. The minimum atomic E-state index is -0.987. The Bertz CT molecular complexity index is 236. The maximum atomic E-state index is 10.7. The second kappa shape index (κ2) is 2.01. The lowest BCUT2D eigenvalue weighted by Crippen LogP contribution is -2.36. The van der Waals surface area contributed by atoms with Gasteiger partial charge in [-0.1, -0.05) is 12.2 Å². The Morgan fingerprint density at radius 2 is 2.36 bits per heavy atom. The fourth-order valence-electron chi connectivity index (χ4n) is 2.04. The summed E-state index contributed by atoms with van der Waals surface area (Å²) in [7, 11) is 0. The molecule has 0 spiro atoms. The van der Waals surface area contributed by atoms with Crippen LogP contribution in [-0.4, -0.2) is 16.0 Å². The predicted molar refractivity (Wildman–Crippen MR) is 41.6 cm³/mol. The summed E-state index contributed by atoms with van der Waals surface area (Å²) in [6, 6.07) is 0. The van der Waals surface area contributed by atoms with Crippen molar-refractivity contribution in [3.63, 3.8) is 0 Å². The number of alkyl halides is 1. The molecule has 0 saturated heterocycles. The Hall–Kier alpha value is -0.500. The number of halogens is 1. The highest BCUT2D eigenvalue weighted by molar-refractivity contribution is 6.34. The molecule has 0 heterocycles. The van der Waals surface area contributed by atoms with E-state index in [0.717, 1.165) is 6.42 Å². The molecule has 0 aromatic rings. The molecule has 0 amide bonds. The van der Waals surface area contributed by atoms with Gasteiger partial charge in [0.25, 0.3) is 0 Å². The van der Waals surface area contributed by atoms with Crippen LogP contribution in [0.2, 0.25) is 0 Å². The zero-order chi connectivity index (χ0) is 8.06. The molecule has 0 radical (unpaired) electrons. The van der Waals surface area contributed by atoms with Crippen molar-refractivity contribution < 1.29 is 9.90 Å². The monoisotopic (exact) mass is 172 g/mol. The number of carboxylic acid groups (broad SMARTS) is 1. The van der Waals surface area contributed by atoms with Gasteiger partial charge in [-0.2, -0.15) is 0 Å². The van der Waals surface area contributed by atoms with Crippen LogP contribution in [0.3, 0.4) is 0 Å². The third-order valence-electron chi connectivity index (χ3n) is 2.67. The van der Waals surface area contributed by atoms with Crippen LogP contribution in [0, 0.1) is 11.8 Å². The zero-order valence-electron chi connectivity index (χ0n) is 5.96. The van der Waals surface area contributed by atoms with Crippen LogP contribution in [0.25, 0.3) is 0 Å². The Morgan fingerprint density at radius 3 is 2.64 bits per heavy atom. The van der Waals surface area contributed by atoms with Crippen LogP contribution in [0.4, 0.5) is 0 Å².